The summed E-state index contributed by atoms with van der Waals surface area (Å²) in [5, 5.41) is 2.88. The number of benzene rings is 2. The first-order valence-corrected chi connectivity index (χ1v) is 10.4. The molecule has 6 nitrogen and oxygen atoms in total. The average molecular weight is 420 g/mol. The van der Waals surface area contributed by atoms with Gasteiger partial charge in [0.15, 0.2) is 5.82 Å². The molecule has 3 aromatic rings. The molecule has 7 heteroatoms. The summed E-state index contributed by atoms with van der Waals surface area (Å²) >= 11 is 0. The summed E-state index contributed by atoms with van der Waals surface area (Å²) < 4.78 is 19.8. The fourth-order valence-corrected chi connectivity index (χ4v) is 3.69. The Morgan fingerprint density at radius 3 is 2.71 bits per heavy atom. The Bertz CT molecular complexity index is 1070. The molecule has 0 unspecified atom stereocenters. The monoisotopic (exact) mass is 420 g/mol. The van der Waals surface area contributed by atoms with Crippen molar-refractivity contribution in [2.75, 3.05) is 23.3 Å². The van der Waals surface area contributed by atoms with E-state index < -0.39 is 0 Å². The van der Waals surface area contributed by atoms with Crippen LogP contribution in [0.15, 0.2) is 54.9 Å². The van der Waals surface area contributed by atoms with Crippen LogP contribution in [0.2, 0.25) is 0 Å². The number of aromatic nitrogens is 2. The van der Waals surface area contributed by atoms with Crippen molar-refractivity contribution in [2.45, 2.75) is 26.7 Å². The molecule has 1 aromatic heterocycles. The number of halogens is 1. The van der Waals surface area contributed by atoms with E-state index in [1.54, 1.807) is 31.5 Å². The summed E-state index contributed by atoms with van der Waals surface area (Å²) in [5.41, 5.74) is 2.08. The molecule has 1 atom stereocenters. The van der Waals surface area contributed by atoms with Crippen LogP contribution in [0.5, 0.6) is 11.6 Å². The van der Waals surface area contributed by atoms with Gasteiger partial charge >= 0.3 is 0 Å². The van der Waals surface area contributed by atoms with Crippen molar-refractivity contribution in [2.24, 2.45) is 5.92 Å². The largest absolute Gasteiger partial charge is 0.436 e. The number of piperidine rings is 1. The molecule has 0 spiro atoms. The van der Waals surface area contributed by atoms with Crippen LogP contribution < -0.4 is 15.0 Å². The third kappa shape index (κ3) is 4.82. The lowest BCUT2D eigenvalue weighted by atomic mass is 9.97. The van der Waals surface area contributed by atoms with Crippen molar-refractivity contribution < 1.29 is 13.9 Å². The highest BCUT2D eigenvalue weighted by molar-refractivity contribution is 5.93. The highest BCUT2D eigenvalue weighted by Gasteiger charge is 2.29. The smallest absolute Gasteiger partial charge is 0.263 e. The molecule has 1 aliphatic rings. The van der Waals surface area contributed by atoms with Gasteiger partial charge in [0, 0.05) is 36.7 Å². The minimum atomic E-state index is -0.333. The van der Waals surface area contributed by atoms with E-state index >= 15 is 0 Å². The van der Waals surface area contributed by atoms with Gasteiger partial charge in [-0.25, -0.2) is 14.4 Å². The maximum atomic E-state index is 13.8. The van der Waals surface area contributed by atoms with Crippen LogP contribution in [0.4, 0.5) is 15.9 Å². The Morgan fingerprint density at radius 1 is 1.13 bits per heavy atom. The van der Waals surface area contributed by atoms with Crippen molar-refractivity contribution in [3.8, 4) is 11.6 Å². The third-order valence-electron chi connectivity index (χ3n) is 5.50. The van der Waals surface area contributed by atoms with Gasteiger partial charge in [0.05, 0.1) is 5.92 Å². The predicted molar refractivity (Wildman–Crippen MR) is 118 cm³/mol. The number of carbonyl (C=O) groups is 1. The first-order chi connectivity index (χ1) is 15.0. The number of carbonyl (C=O) groups excluding carboxylic acids is 1. The molecule has 0 bridgehead atoms. The summed E-state index contributed by atoms with van der Waals surface area (Å²) in [5.74, 6) is 1.01. The van der Waals surface area contributed by atoms with Crippen molar-refractivity contribution in [1.29, 1.82) is 0 Å². The van der Waals surface area contributed by atoms with Crippen LogP contribution in [0.1, 0.15) is 24.0 Å². The molecule has 0 saturated carbocycles. The first kappa shape index (κ1) is 20.8. The minimum absolute atomic E-state index is 0.122. The maximum Gasteiger partial charge on any atom is 0.263 e. The molecular weight excluding hydrogens is 395 g/mol. The number of nitrogens with one attached hydrogen (secondary N) is 1. The van der Waals surface area contributed by atoms with Gasteiger partial charge in [0.2, 0.25) is 5.91 Å². The molecule has 1 saturated heterocycles. The number of nitrogens with zero attached hydrogens (tertiary/aromatic N) is 3. The molecule has 0 radical (unpaired) electrons. The van der Waals surface area contributed by atoms with E-state index in [2.05, 4.69) is 15.3 Å². The highest BCUT2D eigenvalue weighted by atomic mass is 19.1. The van der Waals surface area contributed by atoms with Crippen LogP contribution in [-0.4, -0.2) is 29.0 Å². The minimum Gasteiger partial charge on any atom is -0.436 e. The second-order valence-electron chi connectivity index (χ2n) is 7.79. The molecule has 1 fully saturated rings. The van der Waals surface area contributed by atoms with Crippen LogP contribution in [-0.2, 0) is 4.79 Å². The van der Waals surface area contributed by atoms with Crippen LogP contribution >= 0.6 is 0 Å². The summed E-state index contributed by atoms with van der Waals surface area (Å²) in [6.45, 7) is 4.92. The molecule has 1 N–H and O–H groups in total. The summed E-state index contributed by atoms with van der Waals surface area (Å²) in [6, 6.07) is 12.4. The number of hydrogen-bond acceptors (Lipinski definition) is 5. The molecule has 1 aliphatic heterocycles. The Hall–Kier alpha value is -3.48. The lowest BCUT2D eigenvalue weighted by Crippen LogP contribution is -2.41. The van der Waals surface area contributed by atoms with E-state index in [0.29, 0.717) is 35.2 Å². The van der Waals surface area contributed by atoms with E-state index in [1.807, 2.05) is 36.1 Å². The molecule has 2 aromatic carbocycles. The zero-order chi connectivity index (χ0) is 21.8. The molecule has 2 heterocycles. The van der Waals surface area contributed by atoms with Gasteiger partial charge in [0.25, 0.3) is 5.88 Å². The quantitative estimate of drug-likeness (QED) is 0.637. The highest BCUT2D eigenvalue weighted by Crippen LogP contribution is 2.31. The zero-order valence-corrected chi connectivity index (χ0v) is 17.6. The van der Waals surface area contributed by atoms with Gasteiger partial charge in [-0.2, -0.15) is 0 Å². The fourth-order valence-electron chi connectivity index (χ4n) is 3.69. The Kier molecular flexibility index (Phi) is 6.11. The molecule has 0 aliphatic carbocycles. The lowest BCUT2D eigenvalue weighted by Gasteiger charge is -2.33. The number of hydrogen-bond donors (Lipinski definition) is 1. The van der Waals surface area contributed by atoms with Gasteiger partial charge in [-0.3, -0.25) is 4.79 Å². The van der Waals surface area contributed by atoms with Gasteiger partial charge < -0.3 is 15.0 Å². The van der Waals surface area contributed by atoms with Gasteiger partial charge in [-0.1, -0.05) is 23.8 Å². The van der Waals surface area contributed by atoms with Crippen LogP contribution in [0.25, 0.3) is 0 Å². The average Bonchev–Trinajstić information content (AvgIpc) is 2.79. The number of rotatable bonds is 5. The fraction of sp³-hybridized carbons (Fsp3) is 0.292. The zero-order valence-electron chi connectivity index (χ0n) is 17.6. The Morgan fingerprint density at radius 2 is 1.90 bits per heavy atom. The predicted octanol–water partition coefficient (Wildman–Crippen LogP) is 4.88. The normalized spacial score (nSPS) is 16.1. The van der Waals surface area contributed by atoms with E-state index in [9.17, 15) is 9.18 Å². The summed E-state index contributed by atoms with van der Waals surface area (Å²) in [6.07, 6.45) is 4.80. The van der Waals surface area contributed by atoms with Crippen molar-refractivity contribution in [3.05, 3.63) is 71.8 Å². The van der Waals surface area contributed by atoms with Gasteiger partial charge in [-0.15, -0.1) is 0 Å². The van der Waals surface area contributed by atoms with E-state index in [1.165, 1.54) is 6.07 Å². The summed E-state index contributed by atoms with van der Waals surface area (Å²) in [7, 11) is 0. The SMILES string of the molecule is Cc1ccc(Oc2nccnc2N2CCC[C@H](C(=O)Nc3cccc(F)c3C)C2)cc1. The number of ether oxygens (including phenoxy) is 1. The molecule has 1 amide bonds. The second-order valence-corrected chi connectivity index (χ2v) is 7.79. The molecule has 31 heavy (non-hydrogen) atoms. The van der Waals surface area contributed by atoms with Crippen molar-refractivity contribution in [1.82, 2.24) is 9.97 Å². The van der Waals surface area contributed by atoms with Gasteiger partial charge in [-0.05, 0) is 51.0 Å². The van der Waals surface area contributed by atoms with Crippen molar-refractivity contribution in [3.63, 3.8) is 0 Å². The topological polar surface area (TPSA) is 67.4 Å². The Balaban J connectivity index is 1.49. The van der Waals surface area contributed by atoms with E-state index in [-0.39, 0.29) is 17.6 Å². The summed E-state index contributed by atoms with van der Waals surface area (Å²) in [4.78, 5) is 23.8. The first-order valence-electron chi connectivity index (χ1n) is 10.4. The Labute approximate surface area is 181 Å². The standard InChI is InChI=1S/C24H25FN4O2/c1-16-8-10-19(11-9-16)31-24-22(26-12-13-27-24)29-14-4-5-18(15-29)23(30)28-21-7-3-6-20(25)17(21)2/h3,6-13,18H,4-5,14-15H2,1-2H3,(H,28,30)/t18-/m0/s1. The van der Waals surface area contributed by atoms with Crippen LogP contribution in [0.3, 0.4) is 0 Å². The van der Waals surface area contributed by atoms with Gasteiger partial charge in [0.1, 0.15) is 11.6 Å². The number of anilines is 2. The maximum absolute atomic E-state index is 13.8. The number of aryl methyl sites for hydroxylation is 1. The molecule has 160 valence electrons. The lowest BCUT2D eigenvalue weighted by molar-refractivity contribution is -0.120. The van der Waals surface area contributed by atoms with E-state index in [0.717, 1.165) is 24.9 Å². The second kappa shape index (κ2) is 9.12. The van der Waals surface area contributed by atoms with Crippen molar-refractivity contribution >= 4 is 17.4 Å². The van der Waals surface area contributed by atoms with Crippen LogP contribution in [0, 0.1) is 25.6 Å². The third-order valence-corrected chi connectivity index (χ3v) is 5.50. The number of amides is 1. The van der Waals surface area contributed by atoms with E-state index in [4.69, 9.17) is 4.74 Å². The molecule has 4 rings (SSSR count). The molecular formula is C24H25FN4O2.